The second kappa shape index (κ2) is 12.0. The molecule has 0 saturated heterocycles. The van der Waals surface area contributed by atoms with Crippen molar-refractivity contribution < 1.29 is 18.7 Å². The van der Waals surface area contributed by atoms with Crippen LogP contribution in [0.2, 0.25) is 0 Å². The number of carbonyl (C=O) groups excluding carboxylic acids is 1. The molecule has 3 aromatic carbocycles. The van der Waals surface area contributed by atoms with Gasteiger partial charge in [-0.3, -0.25) is 0 Å². The molecule has 1 N–H and O–H groups in total. The normalized spacial score (nSPS) is 14.6. The zero-order chi connectivity index (χ0) is 28.2. The summed E-state index contributed by atoms with van der Waals surface area (Å²) < 4.78 is 27.5. The van der Waals surface area contributed by atoms with Gasteiger partial charge in [0.15, 0.2) is 0 Å². The number of esters is 1. The summed E-state index contributed by atoms with van der Waals surface area (Å²) in [5, 5.41) is 8.39. The van der Waals surface area contributed by atoms with E-state index in [1.54, 1.807) is 22.9 Å². The lowest BCUT2D eigenvalue weighted by atomic mass is 9.95. The summed E-state index contributed by atoms with van der Waals surface area (Å²) in [7, 11) is 0. The third-order valence-electron chi connectivity index (χ3n) is 6.39. The number of allylic oxidation sites excluding steroid dienone is 1. The molecule has 206 valence electrons. The number of anilines is 1. The SMILES string of the molecule is CC1=C(C(=O)OC(C)C)C(c2ccc(OCc3cccc(C)c3)cc2)n2nc(SCc3ccccc3F)nc2N1. The maximum Gasteiger partial charge on any atom is 0.338 e. The number of nitrogens with one attached hydrogen (secondary N) is 1. The van der Waals surface area contributed by atoms with Crippen LogP contribution < -0.4 is 10.1 Å². The quantitative estimate of drug-likeness (QED) is 0.178. The molecule has 5 rings (SSSR count). The molecule has 1 aromatic heterocycles. The zero-order valence-electron chi connectivity index (χ0n) is 22.8. The van der Waals surface area contributed by atoms with Gasteiger partial charge < -0.3 is 14.8 Å². The average molecular weight is 559 g/mol. The van der Waals surface area contributed by atoms with Crippen LogP contribution in [0.4, 0.5) is 10.3 Å². The molecule has 0 amide bonds. The van der Waals surface area contributed by atoms with Crippen molar-refractivity contribution >= 4 is 23.7 Å². The van der Waals surface area contributed by atoms with Crippen LogP contribution in [-0.4, -0.2) is 26.8 Å². The number of carbonyl (C=O) groups is 1. The lowest BCUT2D eigenvalue weighted by molar-refractivity contribution is -0.143. The Bertz CT molecular complexity index is 1550. The number of ether oxygens (including phenoxy) is 2. The highest BCUT2D eigenvalue weighted by atomic mass is 32.2. The van der Waals surface area contributed by atoms with Crippen LogP contribution in [0.3, 0.4) is 0 Å². The maximum absolute atomic E-state index is 14.2. The molecule has 9 heteroatoms. The van der Waals surface area contributed by atoms with E-state index in [-0.39, 0.29) is 11.9 Å². The van der Waals surface area contributed by atoms with Gasteiger partial charge in [0.05, 0.1) is 11.7 Å². The minimum atomic E-state index is -0.566. The van der Waals surface area contributed by atoms with Crippen molar-refractivity contribution in [2.75, 3.05) is 5.32 Å². The molecule has 0 fully saturated rings. The molecule has 1 aliphatic rings. The van der Waals surface area contributed by atoms with Crippen molar-refractivity contribution in [1.82, 2.24) is 14.8 Å². The topological polar surface area (TPSA) is 78.3 Å². The molecule has 2 heterocycles. The first-order valence-corrected chi connectivity index (χ1v) is 14.1. The summed E-state index contributed by atoms with van der Waals surface area (Å²) in [6.45, 7) is 7.97. The summed E-state index contributed by atoms with van der Waals surface area (Å²) in [6.07, 6.45) is -0.283. The first-order valence-electron chi connectivity index (χ1n) is 13.1. The predicted molar refractivity (Wildman–Crippen MR) is 154 cm³/mol. The second-order valence-corrected chi connectivity index (χ2v) is 10.9. The number of benzene rings is 3. The molecule has 4 aromatic rings. The van der Waals surface area contributed by atoms with Crippen LogP contribution >= 0.6 is 11.8 Å². The van der Waals surface area contributed by atoms with Gasteiger partial charge in [0.2, 0.25) is 11.1 Å². The first-order chi connectivity index (χ1) is 19.3. The van der Waals surface area contributed by atoms with E-state index in [0.717, 1.165) is 11.1 Å². The second-order valence-electron chi connectivity index (χ2n) is 9.91. The van der Waals surface area contributed by atoms with Crippen LogP contribution in [0.15, 0.2) is 89.2 Å². The molecule has 0 spiro atoms. The number of aromatic nitrogens is 3. The Kier molecular flexibility index (Phi) is 8.21. The Balaban J connectivity index is 1.42. The minimum absolute atomic E-state index is 0.268. The molecular formula is C31H31FN4O3S. The molecule has 0 aliphatic carbocycles. The molecule has 0 bridgehead atoms. The van der Waals surface area contributed by atoms with Crippen LogP contribution in [0.1, 0.15) is 49.1 Å². The van der Waals surface area contributed by atoms with Crippen LogP contribution in [0.25, 0.3) is 0 Å². The summed E-state index contributed by atoms with van der Waals surface area (Å²) in [5.41, 5.74) is 4.76. The Labute approximate surface area is 237 Å². The standard InChI is InChI=1S/C31H31FN4O3S/c1-19(2)39-29(37)27-21(4)33-30-34-31(40-18-24-10-5-6-11-26(24)32)35-36(30)28(27)23-12-14-25(15-13-23)38-17-22-9-7-8-20(3)16-22/h5-16,19,28H,17-18H2,1-4H3,(H,33,34,35). The van der Waals surface area contributed by atoms with Gasteiger partial charge in [0, 0.05) is 11.4 Å². The highest BCUT2D eigenvalue weighted by Crippen LogP contribution is 2.38. The fourth-order valence-corrected chi connectivity index (χ4v) is 5.33. The van der Waals surface area contributed by atoms with Gasteiger partial charge in [-0.05, 0) is 62.6 Å². The average Bonchev–Trinajstić information content (AvgIpc) is 3.33. The highest BCUT2D eigenvalue weighted by Gasteiger charge is 2.35. The number of rotatable bonds is 9. The fraction of sp³-hybridized carbons (Fsp3) is 0.258. The number of halogens is 1. The summed E-state index contributed by atoms with van der Waals surface area (Å²) >= 11 is 1.33. The van der Waals surface area contributed by atoms with E-state index in [1.807, 2.05) is 57.2 Å². The molecule has 0 radical (unpaired) electrons. The number of hydrogen-bond donors (Lipinski definition) is 1. The van der Waals surface area contributed by atoms with Crippen molar-refractivity contribution in [3.8, 4) is 5.75 Å². The highest BCUT2D eigenvalue weighted by molar-refractivity contribution is 7.98. The summed E-state index contributed by atoms with van der Waals surface area (Å²) in [6, 6.07) is 21.9. The van der Waals surface area contributed by atoms with Crippen molar-refractivity contribution in [2.45, 2.75) is 57.4 Å². The first kappa shape index (κ1) is 27.5. The Morgan fingerprint density at radius 2 is 1.85 bits per heavy atom. The molecular weight excluding hydrogens is 527 g/mol. The summed E-state index contributed by atoms with van der Waals surface area (Å²) in [5.74, 6) is 0.899. The van der Waals surface area contributed by atoms with E-state index in [9.17, 15) is 9.18 Å². The van der Waals surface area contributed by atoms with Crippen molar-refractivity contribution in [1.29, 1.82) is 0 Å². The van der Waals surface area contributed by atoms with Gasteiger partial charge >= 0.3 is 5.97 Å². The van der Waals surface area contributed by atoms with Gasteiger partial charge in [0.25, 0.3) is 0 Å². The maximum atomic E-state index is 14.2. The van der Waals surface area contributed by atoms with E-state index in [1.165, 1.54) is 23.4 Å². The number of fused-ring (bicyclic) bond motifs is 1. The van der Waals surface area contributed by atoms with E-state index in [2.05, 4.69) is 29.4 Å². The largest absolute Gasteiger partial charge is 0.489 e. The van der Waals surface area contributed by atoms with Gasteiger partial charge in [-0.2, -0.15) is 4.98 Å². The lowest BCUT2D eigenvalue weighted by Crippen LogP contribution is -2.30. The third-order valence-corrected chi connectivity index (χ3v) is 7.28. The minimum Gasteiger partial charge on any atom is -0.489 e. The third kappa shape index (κ3) is 6.20. The van der Waals surface area contributed by atoms with E-state index < -0.39 is 12.0 Å². The molecule has 1 aliphatic heterocycles. The van der Waals surface area contributed by atoms with Gasteiger partial charge in [-0.15, -0.1) is 5.10 Å². The van der Waals surface area contributed by atoms with Crippen LogP contribution in [-0.2, 0) is 21.9 Å². The summed E-state index contributed by atoms with van der Waals surface area (Å²) in [4.78, 5) is 17.9. The van der Waals surface area contributed by atoms with Gasteiger partial charge in [0.1, 0.15) is 24.2 Å². The van der Waals surface area contributed by atoms with Gasteiger partial charge in [-0.1, -0.05) is 71.9 Å². The van der Waals surface area contributed by atoms with Gasteiger partial charge in [-0.25, -0.2) is 13.9 Å². The van der Waals surface area contributed by atoms with Crippen molar-refractivity contribution in [3.63, 3.8) is 0 Å². The Hall–Kier alpha value is -4.11. The number of nitrogens with zero attached hydrogens (tertiary/aromatic N) is 3. The monoisotopic (exact) mass is 558 g/mol. The van der Waals surface area contributed by atoms with Crippen molar-refractivity contribution in [2.24, 2.45) is 0 Å². The lowest BCUT2D eigenvalue weighted by Gasteiger charge is -2.28. The number of hydrogen-bond acceptors (Lipinski definition) is 7. The van der Waals surface area contributed by atoms with E-state index in [4.69, 9.17) is 14.6 Å². The zero-order valence-corrected chi connectivity index (χ0v) is 23.7. The Morgan fingerprint density at radius 3 is 2.58 bits per heavy atom. The molecule has 0 saturated carbocycles. The molecule has 1 unspecified atom stereocenters. The van der Waals surface area contributed by atoms with Crippen LogP contribution in [0.5, 0.6) is 5.75 Å². The molecule has 1 atom stereocenters. The smallest absolute Gasteiger partial charge is 0.338 e. The van der Waals surface area contributed by atoms with Crippen molar-refractivity contribution in [3.05, 3.63) is 112 Å². The number of thioether (sulfide) groups is 1. The van der Waals surface area contributed by atoms with Crippen LogP contribution in [0, 0.1) is 12.7 Å². The van der Waals surface area contributed by atoms with E-state index in [0.29, 0.717) is 46.0 Å². The molecule has 7 nitrogen and oxygen atoms in total. The number of aryl methyl sites for hydroxylation is 1. The predicted octanol–water partition coefficient (Wildman–Crippen LogP) is 6.84. The van der Waals surface area contributed by atoms with E-state index >= 15 is 0 Å². The molecule has 40 heavy (non-hydrogen) atoms. The Morgan fingerprint density at radius 1 is 1.07 bits per heavy atom. The fourth-order valence-electron chi connectivity index (χ4n) is 4.52.